The molecule has 0 aromatic heterocycles. The Morgan fingerprint density at radius 2 is 1.48 bits per heavy atom. The molecule has 42 heavy (non-hydrogen) atoms. The number of anilines is 1. The van der Waals surface area contributed by atoms with Gasteiger partial charge in [-0.1, -0.05) is 89.3 Å². The fourth-order valence-corrected chi connectivity index (χ4v) is 4.99. The summed E-state index contributed by atoms with van der Waals surface area (Å²) in [5, 5.41) is 5.92. The minimum Gasteiger partial charge on any atom is -0.444 e. The highest BCUT2D eigenvalue weighted by molar-refractivity contribution is 5.99. The van der Waals surface area contributed by atoms with Crippen molar-refractivity contribution in [2.45, 2.75) is 119 Å². The van der Waals surface area contributed by atoms with Crippen LogP contribution in [0.2, 0.25) is 0 Å². The number of alkyl carbamates (subject to hydrolysis) is 1. The molecule has 0 aliphatic rings. The highest BCUT2D eigenvalue weighted by atomic mass is 16.6. The summed E-state index contributed by atoms with van der Waals surface area (Å²) >= 11 is 0. The molecule has 232 valence electrons. The van der Waals surface area contributed by atoms with Crippen molar-refractivity contribution in [2.24, 2.45) is 5.92 Å². The third-order valence-electron chi connectivity index (χ3n) is 7.54. The average Bonchev–Trinajstić information content (AvgIpc) is 2.90. The number of carbonyl (C=O) groups excluding carboxylic acids is 3. The van der Waals surface area contributed by atoms with Crippen molar-refractivity contribution >= 4 is 23.6 Å². The molecule has 3 amide bonds. The number of amides is 3. The monoisotopic (exact) mass is 579 g/mol. The fourth-order valence-electron chi connectivity index (χ4n) is 4.99. The second kappa shape index (κ2) is 16.3. The van der Waals surface area contributed by atoms with E-state index in [2.05, 4.69) is 17.6 Å². The molecular formula is C35H53N3O4. The van der Waals surface area contributed by atoms with Gasteiger partial charge in [0.25, 0.3) is 5.91 Å². The normalized spacial score (nSPS) is 12.9. The Balaban J connectivity index is 2.56. The molecule has 7 nitrogen and oxygen atoms in total. The van der Waals surface area contributed by atoms with Gasteiger partial charge in [0.1, 0.15) is 17.7 Å². The molecule has 2 aromatic rings. The number of ether oxygens (including phenoxy) is 1. The molecule has 2 N–H and O–H groups in total. The van der Waals surface area contributed by atoms with E-state index in [4.69, 9.17) is 4.74 Å². The standard InChI is InChI=1S/C35H53N3O4/c1-10-11-12-13-14-17-23-38(33(40)30(24(2)3)37-34(41)42-35(7,8)9)31(28-21-18-20-25(4)27(28)6)32(39)36-29-22-16-15-19-26(29)5/h15-16,18-22,24,30-31H,10-14,17,23H2,1-9H3,(H,36,39)(H,37,41). The molecule has 2 aromatic carbocycles. The lowest BCUT2D eigenvalue weighted by Crippen LogP contribution is -2.54. The fraction of sp³-hybridized carbons (Fsp3) is 0.571. The molecule has 2 rings (SSSR count). The van der Waals surface area contributed by atoms with Gasteiger partial charge in [0.05, 0.1) is 0 Å². The van der Waals surface area contributed by atoms with Crippen LogP contribution in [0.4, 0.5) is 10.5 Å². The minimum atomic E-state index is -0.880. The molecule has 2 unspecified atom stereocenters. The number of para-hydroxylation sites is 1. The van der Waals surface area contributed by atoms with Crippen molar-refractivity contribution in [1.82, 2.24) is 10.2 Å². The number of hydrogen-bond donors (Lipinski definition) is 2. The van der Waals surface area contributed by atoms with E-state index in [1.807, 2.05) is 77.1 Å². The average molecular weight is 580 g/mol. The molecule has 0 heterocycles. The second-order valence-electron chi connectivity index (χ2n) is 12.7. The van der Waals surface area contributed by atoms with Crippen LogP contribution in [0, 0.1) is 26.7 Å². The molecule has 0 spiro atoms. The summed E-state index contributed by atoms with van der Waals surface area (Å²) in [7, 11) is 0. The van der Waals surface area contributed by atoms with Gasteiger partial charge >= 0.3 is 6.09 Å². The molecule has 0 aliphatic carbocycles. The summed E-state index contributed by atoms with van der Waals surface area (Å²) in [5.41, 5.74) is 3.72. The van der Waals surface area contributed by atoms with Gasteiger partial charge in [-0.3, -0.25) is 9.59 Å². The van der Waals surface area contributed by atoms with E-state index in [0.717, 1.165) is 54.4 Å². The summed E-state index contributed by atoms with van der Waals surface area (Å²) in [6.07, 6.45) is 5.62. The zero-order valence-electron chi connectivity index (χ0n) is 27.3. The number of unbranched alkanes of at least 4 members (excludes halogenated alkanes) is 5. The van der Waals surface area contributed by atoms with Crippen LogP contribution in [0.15, 0.2) is 42.5 Å². The first kappa shape index (κ1) is 34.8. The highest BCUT2D eigenvalue weighted by Gasteiger charge is 2.38. The van der Waals surface area contributed by atoms with E-state index in [-0.39, 0.29) is 17.7 Å². The van der Waals surface area contributed by atoms with Crippen LogP contribution in [-0.2, 0) is 14.3 Å². The molecule has 0 fully saturated rings. The van der Waals surface area contributed by atoms with Crippen LogP contribution < -0.4 is 10.6 Å². The lowest BCUT2D eigenvalue weighted by atomic mass is 9.93. The SMILES string of the molecule is CCCCCCCCN(C(=O)C(NC(=O)OC(C)(C)C)C(C)C)C(C(=O)Nc1ccccc1C)c1cccc(C)c1C. The first-order valence-corrected chi connectivity index (χ1v) is 15.5. The van der Waals surface area contributed by atoms with E-state index < -0.39 is 23.8 Å². The van der Waals surface area contributed by atoms with Gasteiger partial charge in [-0.15, -0.1) is 0 Å². The maximum absolute atomic E-state index is 14.5. The number of nitrogens with one attached hydrogen (secondary N) is 2. The molecule has 2 atom stereocenters. The third kappa shape index (κ3) is 10.5. The van der Waals surface area contributed by atoms with Crippen LogP contribution >= 0.6 is 0 Å². The zero-order valence-corrected chi connectivity index (χ0v) is 27.3. The molecule has 0 radical (unpaired) electrons. The number of rotatable bonds is 14. The molecular weight excluding hydrogens is 526 g/mol. The minimum absolute atomic E-state index is 0.226. The largest absolute Gasteiger partial charge is 0.444 e. The predicted octanol–water partition coefficient (Wildman–Crippen LogP) is 8.03. The van der Waals surface area contributed by atoms with Gasteiger partial charge in [-0.05, 0) is 82.2 Å². The third-order valence-corrected chi connectivity index (χ3v) is 7.54. The van der Waals surface area contributed by atoms with E-state index in [0.29, 0.717) is 12.2 Å². The van der Waals surface area contributed by atoms with Crippen LogP contribution in [0.25, 0.3) is 0 Å². The van der Waals surface area contributed by atoms with Crippen LogP contribution in [-0.4, -0.2) is 41.0 Å². The number of benzene rings is 2. The Bertz CT molecular complexity index is 1180. The Hall–Kier alpha value is -3.35. The van der Waals surface area contributed by atoms with Gasteiger partial charge in [-0.2, -0.15) is 0 Å². The Morgan fingerprint density at radius 3 is 2.10 bits per heavy atom. The number of aryl methyl sites for hydroxylation is 2. The molecule has 0 bridgehead atoms. The lowest BCUT2D eigenvalue weighted by molar-refractivity contribution is -0.141. The summed E-state index contributed by atoms with van der Waals surface area (Å²) < 4.78 is 5.50. The van der Waals surface area contributed by atoms with Crippen molar-refractivity contribution in [1.29, 1.82) is 0 Å². The first-order chi connectivity index (χ1) is 19.8. The number of nitrogens with zero attached hydrogens (tertiary/aromatic N) is 1. The molecule has 0 aliphatic heterocycles. The highest BCUT2D eigenvalue weighted by Crippen LogP contribution is 2.30. The van der Waals surface area contributed by atoms with E-state index in [1.54, 1.807) is 25.7 Å². The smallest absolute Gasteiger partial charge is 0.408 e. The summed E-state index contributed by atoms with van der Waals surface area (Å²) in [4.78, 5) is 43.2. The number of hydrogen-bond acceptors (Lipinski definition) is 4. The van der Waals surface area contributed by atoms with E-state index in [9.17, 15) is 14.4 Å². The van der Waals surface area contributed by atoms with Crippen molar-refractivity contribution in [3.8, 4) is 0 Å². The van der Waals surface area contributed by atoms with Crippen LogP contribution in [0.1, 0.15) is 108 Å². The van der Waals surface area contributed by atoms with Crippen LogP contribution in [0.3, 0.4) is 0 Å². The molecule has 0 saturated heterocycles. The lowest BCUT2D eigenvalue weighted by Gasteiger charge is -2.36. The Labute approximate surface area is 253 Å². The van der Waals surface area contributed by atoms with E-state index in [1.165, 1.54) is 6.42 Å². The summed E-state index contributed by atoms with van der Waals surface area (Å²) in [6, 6.07) is 11.8. The Kier molecular flexibility index (Phi) is 13.5. The summed E-state index contributed by atoms with van der Waals surface area (Å²) in [5.74, 6) is -0.803. The van der Waals surface area contributed by atoms with E-state index >= 15 is 0 Å². The maximum atomic E-state index is 14.5. The topological polar surface area (TPSA) is 87.7 Å². The maximum Gasteiger partial charge on any atom is 0.408 e. The van der Waals surface area contributed by atoms with Gasteiger partial charge < -0.3 is 20.3 Å². The van der Waals surface area contributed by atoms with Crippen molar-refractivity contribution in [3.63, 3.8) is 0 Å². The molecule has 7 heteroatoms. The van der Waals surface area contributed by atoms with Crippen molar-refractivity contribution in [3.05, 3.63) is 64.7 Å². The van der Waals surface area contributed by atoms with Crippen LogP contribution in [0.5, 0.6) is 0 Å². The molecule has 0 saturated carbocycles. The van der Waals surface area contributed by atoms with Gasteiger partial charge in [-0.25, -0.2) is 4.79 Å². The van der Waals surface area contributed by atoms with Crippen molar-refractivity contribution in [2.75, 3.05) is 11.9 Å². The summed E-state index contributed by atoms with van der Waals surface area (Å²) in [6.45, 7) is 17.7. The predicted molar refractivity (Wildman–Crippen MR) is 172 cm³/mol. The van der Waals surface area contributed by atoms with Gasteiger partial charge in [0, 0.05) is 12.2 Å². The second-order valence-corrected chi connectivity index (χ2v) is 12.7. The van der Waals surface area contributed by atoms with Gasteiger partial charge in [0.2, 0.25) is 5.91 Å². The quantitative estimate of drug-likeness (QED) is 0.222. The number of carbonyl (C=O) groups is 3. The van der Waals surface area contributed by atoms with Gasteiger partial charge in [0.15, 0.2) is 0 Å². The zero-order chi connectivity index (χ0) is 31.4. The first-order valence-electron chi connectivity index (χ1n) is 15.5. The Morgan fingerprint density at radius 1 is 0.857 bits per heavy atom. The van der Waals surface area contributed by atoms with Crippen molar-refractivity contribution < 1.29 is 19.1 Å².